The van der Waals surface area contributed by atoms with Crippen LogP contribution in [0.1, 0.15) is 22.8 Å². The van der Waals surface area contributed by atoms with E-state index in [-0.39, 0.29) is 11.0 Å². The number of ether oxygens (including phenoxy) is 1. The van der Waals surface area contributed by atoms with Gasteiger partial charge in [-0.2, -0.15) is 0 Å². The summed E-state index contributed by atoms with van der Waals surface area (Å²) in [6, 6.07) is 20.7. The molecular weight excluding hydrogens is 386 g/mol. The van der Waals surface area contributed by atoms with Crippen molar-refractivity contribution in [3.63, 3.8) is 0 Å². The molecular formula is C22H21N3O3S. The average molecular weight is 407 g/mol. The number of amides is 2. The molecule has 0 aromatic heterocycles. The maximum atomic E-state index is 12.3. The Morgan fingerprint density at radius 2 is 1.62 bits per heavy atom. The molecule has 3 N–H and O–H groups in total. The van der Waals surface area contributed by atoms with Gasteiger partial charge in [0.1, 0.15) is 5.75 Å². The molecule has 0 aliphatic heterocycles. The van der Waals surface area contributed by atoms with E-state index in [1.165, 1.54) is 0 Å². The zero-order chi connectivity index (χ0) is 20.8. The highest BCUT2D eigenvalue weighted by molar-refractivity contribution is 7.80. The van der Waals surface area contributed by atoms with Gasteiger partial charge < -0.3 is 4.74 Å². The standard InChI is InChI=1S/C22H21N3O3S/c1-14-7-3-6-10-19(14)21(27)23-22(29)25-24-20(26)15(2)28-18-12-11-16-8-4-5-9-17(16)13-18/h3-13,15H,1-2H3,(H,24,26)(H2,23,25,27,29). The Bertz CT molecular complexity index is 1070. The van der Waals surface area contributed by atoms with Gasteiger partial charge in [-0.1, -0.05) is 48.5 Å². The molecule has 148 valence electrons. The highest BCUT2D eigenvalue weighted by atomic mass is 32.1. The minimum Gasteiger partial charge on any atom is -0.481 e. The zero-order valence-corrected chi connectivity index (χ0v) is 16.9. The number of carbonyl (C=O) groups is 2. The Hall–Kier alpha value is -3.45. The Morgan fingerprint density at radius 3 is 2.38 bits per heavy atom. The summed E-state index contributed by atoms with van der Waals surface area (Å²) in [6.07, 6.45) is -0.765. The third-order valence-electron chi connectivity index (χ3n) is 4.32. The van der Waals surface area contributed by atoms with Crippen molar-refractivity contribution in [2.45, 2.75) is 20.0 Å². The smallest absolute Gasteiger partial charge is 0.279 e. The topological polar surface area (TPSA) is 79.5 Å². The van der Waals surface area contributed by atoms with E-state index in [1.807, 2.05) is 61.5 Å². The predicted molar refractivity (Wildman–Crippen MR) is 117 cm³/mol. The summed E-state index contributed by atoms with van der Waals surface area (Å²) in [5, 5.41) is 4.63. The highest BCUT2D eigenvalue weighted by Gasteiger charge is 2.16. The van der Waals surface area contributed by atoms with Gasteiger partial charge >= 0.3 is 0 Å². The van der Waals surface area contributed by atoms with Gasteiger partial charge in [-0.15, -0.1) is 0 Å². The monoisotopic (exact) mass is 407 g/mol. The van der Waals surface area contributed by atoms with E-state index in [1.54, 1.807) is 19.1 Å². The van der Waals surface area contributed by atoms with Gasteiger partial charge in [0.05, 0.1) is 0 Å². The first-order valence-electron chi connectivity index (χ1n) is 9.06. The minimum absolute atomic E-state index is 0.00971. The van der Waals surface area contributed by atoms with Crippen LogP contribution in [0.15, 0.2) is 66.7 Å². The first-order valence-corrected chi connectivity index (χ1v) is 9.47. The van der Waals surface area contributed by atoms with Crippen LogP contribution in [0, 0.1) is 6.92 Å². The van der Waals surface area contributed by atoms with Gasteiger partial charge in [-0.05, 0) is 60.6 Å². The Balaban J connectivity index is 1.50. The highest BCUT2D eigenvalue weighted by Crippen LogP contribution is 2.21. The molecule has 0 aliphatic carbocycles. The predicted octanol–water partition coefficient (Wildman–Crippen LogP) is 3.25. The number of fused-ring (bicyclic) bond motifs is 1. The second-order valence-electron chi connectivity index (χ2n) is 6.48. The molecule has 29 heavy (non-hydrogen) atoms. The second-order valence-corrected chi connectivity index (χ2v) is 6.89. The number of hydrazine groups is 1. The number of benzene rings is 3. The second kappa shape index (κ2) is 9.16. The average Bonchev–Trinajstić information content (AvgIpc) is 2.72. The van der Waals surface area contributed by atoms with E-state index < -0.39 is 12.0 Å². The molecule has 0 fully saturated rings. The fraction of sp³-hybridized carbons (Fsp3) is 0.136. The van der Waals surface area contributed by atoms with Crippen LogP contribution in [0.2, 0.25) is 0 Å². The van der Waals surface area contributed by atoms with E-state index in [0.717, 1.165) is 16.3 Å². The maximum Gasteiger partial charge on any atom is 0.279 e. The van der Waals surface area contributed by atoms with Gasteiger partial charge in [0.25, 0.3) is 11.8 Å². The summed E-state index contributed by atoms with van der Waals surface area (Å²) < 4.78 is 5.70. The molecule has 7 heteroatoms. The summed E-state index contributed by atoms with van der Waals surface area (Å²) in [4.78, 5) is 24.5. The SMILES string of the molecule is Cc1ccccc1C(=O)NC(=S)NNC(=O)C(C)Oc1ccc2ccccc2c1. The van der Waals surface area contributed by atoms with Crippen molar-refractivity contribution in [2.75, 3.05) is 0 Å². The Morgan fingerprint density at radius 1 is 0.931 bits per heavy atom. The molecule has 3 aromatic carbocycles. The molecule has 0 radical (unpaired) electrons. The largest absolute Gasteiger partial charge is 0.481 e. The van der Waals surface area contributed by atoms with E-state index in [9.17, 15) is 9.59 Å². The molecule has 0 saturated heterocycles. The van der Waals surface area contributed by atoms with Gasteiger partial charge in [-0.3, -0.25) is 25.8 Å². The summed E-state index contributed by atoms with van der Waals surface area (Å²) in [5.41, 5.74) is 6.30. The van der Waals surface area contributed by atoms with Crippen molar-refractivity contribution in [3.8, 4) is 5.75 Å². The molecule has 1 atom stereocenters. The summed E-state index contributed by atoms with van der Waals surface area (Å²) in [6.45, 7) is 3.46. The lowest BCUT2D eigenvalue weighted by Gasteiger charge is -2.16. The van der Waals surface area contributed by atoms with Crippen LogP contribution in [0.5, 0.6) is 5.75 Å². The van der Waals surface area contributed by atoms with Gasteiger partial charge in [-0.25, -0.2) is 0 Å². The fourth-order valence-corrected chi connectivity index (χ4v) is 2.89. The van der Waals surface area contributed by atoms with Crippen LogP contribution in [0.3, 0.4) is 0 Å². The molecule has 1 unspecified atom stereocenters. The molecule has 0 heterocycles. The first kappa shape index (κ1) is 20.3. The molecule has 0 saturated carbocycles. The molecule has 6 nitrogen and oxygen atoms in total. The Labute approximate surface area is 174 Å². The number of nitrogens with one attached hydrogen (secondary N) is 3. The van der Waals surface area contributed by atoms with E-state index in [2.05, 4.69) is 16.2 Å². The third kappa shape index (κ3) is 5.30. The lowest BCUT2D eigenvalue weighted by Crippen LogP contribution is -2.51. The fourth-order valence-electron chi connectivity index (χ4n) is 2.75. The van der Waals surface area contributed by atoms with E-state index in [0.29, 0.717) is 11.3 Å². The third-order valence-corrected chi connectivity index (χ3v) is 4.52. The van der Waals surface area contributed by atoms with Crippen LogP contribution in [0.4, 0.5) is 0 Å². The van der Waals surface area contributed by atoms with Crippen molar-refractivity contribution < 1.29 is 14.3 Å². The van der Waals surface area contributed by atoms with E-state index >= 15 is 0 Å². The number of hydrogen-bond donors (Lipinski definition) is 3. The van der Waals surface area contributed by atoms with Crippen LogP contribution in [-0.2, 0) is 4.79 Å². The quantitative estimate of drug-likeness (QED) is 0.457. The van der Waals surface area contributed by atoms with Crippen LogP contribution in [0.25, 0.3) is 10.8 Å². The number of carbonyl (C=O) groups excluding carboxylic acids is 2. The van der Waals surface area contributed by atoms with Crippen molar-refractivity contribution in [1.82, 2.24) is 16.2 Å². The first-order chi connectivity index (χ1) is 13.9. The van der Waals surface area contributed by atoms with Gasteiger partial charge in [0.2, 0.25) is 0 Å². The van der Waals surface area contributed by atoms with Gasteiger partial charge in [0, 0.05) is 5.56 Å². The van der Waals surface area contributed by atoms with Crippen molar-refractivity contribution in [3.05, 3.63) is 77.9 Å². The summed E-state index contributed by atoms with van der Waals surface area (Å²) in [7, 11) is 0. The van der Waals surface area contributed by atoms with Crippen molar-refractivity contribution in [1.29, 1.82) is 0 Å². The van der Waals surface area contributed by atoms with Crippen molar-refractivity contribution >= 4 is 39.9 Å². The molecule has 3 rings (SSSR count). The summed E-state index contributed by atoms with van der Waals surface area (Å²) in [5.74, 6) is -0.192. The summed E-state index contributed by atoms with van der Waals surface area (Å²) >= 11 is 5.06. The number of rotatable bonds is 4. The lowest BCUT2D eigenvalue weighted by molar-refractivity contribution is -0.127. The normalized spacial score (nSPS) is 11.4. The zero-order valence-electron chi connectivity index (χ0n) is 16.1. The lowest BCUT2D eigenvalue weighted by atomic mass is 10.1. The van der Waals surface area contributed by atoms with Crippen LogP contribution < -0.4 is 20.9 Å². The molecule has 2 amide bonds. The molecule has 0 spiro atoms. The molecule has 0 aliphatic rings. The molecule has 0 bridgehead atoms. The number of thiocarbonyl (C=S) groups is 1. The van der Waals surface area contributed by atoms with Crippen molar-refractivity contribution in [2.24, 2.45) is 0 Å². The number of aryl methyl sites for hydroxylation is 1. The van der Waals surface area contributed by atoms with Gasteiger partial charge in [0.15, 0.2) is 11.2 Å². The Kier molecular flexibility index (Phi) is 6.41. The van der Waals surface area contributed by atoms with Crippen LogP contribution in [-0.4, -0.2) is 23.0 Å². The maximum absolute atomic E-state index is 12.3. The van der Waals surface area contributed by atoms with E-state index in [4.69, 9.17) is 17.0 Å². The minimum atomic E-state index is -0.765. The molecule has 3 aromatic rings. The number of hydrogen-bond acceptors (Lipinski definition) is 4. The van der Waals surface area contributed by atoms with Crippen LogP contribution >= 0.6 is 12.2 Å².